The molecular formula is C17H19FN2O2. The van der Waals surface area contributed by atoms with Crippen LogP contribution in [0.15, 0.2) is 54.6 Å². The maximum atomic E-state index is 13.5. The first kappa shape index (κ1) is 16.0. The number of carbonyl (C=O) groups is 1. The molecule has 0 spiro atoms. The van der Waals surface area contributed by atoms with Crippen molar-refractivity contribution in [1.82, 2.24) is 10.6 Å². The average Bonchev–Trinajstić information content (AvgIpc) is 2.54. The first-order chi connectivity index (χ1) is 10.7. The number of hydrogen-bond acceptors (Lipinski definition) is 2. The van der Waals surface area contributed by atoms with E-state index in [4.69, 9.17) is 4.74 Å². The van der Waals surface area contributed by atoms with Gasteiger partial charge in [0.2, 0.25) is 0 Å². The highest BCUT2D eigenvalue weighted by molar-refractivity contribution is 5.75. The van der Waals surface area contributed by atoms with Crippen LogP contribution in [0.1, 0.15) is 17.2 Å². The van der Waals surface area contributed by atoms with Crippen molar-refractivity contribution in [3.8, 4) is 0 Å². The number of benzene rings is 2. The molecule has 1 atom stereocenters. The van der Waals surface area contributed by atoms with Gasteiger partial charge in [0.15, 0.2) is 0 Å². The maximum Gasteiger partial charge on any atom is 0.315 e. The number of halogens is 1. The number of nitrogens with one attached hydrogen (secondary N) is 2. The van der Waals surface area contributed by atoms with Gasteiger partial charge < -0.3 is 15.4 Å². The fourth-order valence-electron chi connectivity index (χ4n) is 2.14. The SMILES string of the molecule is COCCNC(=O)NC(c1ccccc1)c1cccc(F)c1. The van der Waals surface area contributed by atoms with E-state index in [0.29, 0.717) is 18.7 Å². The van der Waals surface area contributed by atoms with Gasteiger partial charge in [-0.05, 0) is 23.3 Å². The van der Waals surface area contributed by atoms with Crippen molar-refractivity contribution in [3.63, 3.8) is 0 Å². The quantitative estimate of drug-likeness (QED) is 0.806. The van der Waals surface area contributed by atoms with Crippen LogP contribution >= 0.6 is 0 Å². The van der Waals surface area contributed by atoms with Crippen molar-refractivity contribution < 1.29 is 13.9 Å². The Morgan fingerprint density at radius 1 is 1.14 bits per heavy atom. The van der Waals surface area contributed by atoms with Crippen LogP contribution in [0.5, 0.6) is 0 Å². The van der Waals surface area contributed by atoms with E-state index < -0.39 is 6.04 Å². The zero-order chi connectivity index (χ0) is 15.8. The molecule has 0 radical (unpaired) electrons. The van der Waals surface area contributed by atoms with Gasteiger partial charge in [-0.25, -0.2) is 9.18 Å². The normalized spacial score (nSPS) is 11.7. The Morgan fingerprint density at radius 3 is 2.55 bits per heavy atom. The molecule has 1 unspecified atom stereocenters. The molecule has 0 fully saturated rings. The van der Waals surface area contributed by atoms with Crippen LogP contribution in [0.4, 0.5) is 9.18 Å². The fourth-order valence-corrected chi connectivity index (χ4v) is 2.14. The van der Waals surface area contributed by atoms with Crippen LogP contribution < -0.4 is 10.6 Å². The Kier molecular flexibility index (Phi) is 5.91. The van der Waals surface area contributed by atoms with Crippen molar-refractivity contribution in [1.29, 1.82) is 0 Å². The highest BCUT2D eigenvalue weighted by Crippen LogP contribution is 2.22. The second-order valence-corrected chi connectivity index (χ2v) is 4.79. The summed E-state index contributed by atoms with van der Waals surface area (Å²) in [6, 6.07) is 14.9. The lowest BCUT2D eigenvalue weighted by atomic mass is 9.99. The van der Waals surface area contributed by atoms with E-state index in [1.165, 1.54) is 12.1 Å². The van der Waals surface area contributed by atoms with Crippen LogP contribution in [-0.2, 0) is 4.74 Å². The monoisotopic (exact) mass is 302 g/mol. The van der Waals surface area contributed by atoms with E-state index in [2.05, 4.69) is 10.6 Å². The minimum Gasteiger partial charge on any atom is -0.383 e. The number of methoxy groups -OCH3 is 1. The lowest BCUT2D eigenvalue weighted by molar-refractivity contribution is 0.195. The Labute approximate surface area is 129 Å². The third-order valence-corrected chi connectivity index (χ3v) is 3.18. The Bertz CT molecular complexity index is 605. The summed E-state index contributed by atoms with van der Waals surface area (Å²) in [6.45, 7) is 0.844. The molecule has 4 nitrogen and oxygen atoms in total. The third kappa shape index (κ3) is 4.56. The fraction of sp³-hybridized carbons (Fsp3) is 0.235. The van der Waals surface area contributed by atoms with Gasteiger partial charge in [0.1, 0.15) is 5.82 Å². The molecule has 0 aliphatic heterocycles. The Balaban J connectivity index is 2.17. The molecule has 2 aromatic carbocycles. The summed E-state index contributed by atoms with van der Waals surface area (Å²) in [5, 5.41) is 5.56. The van der Waals surface area contributed by atoms with Gasteiger partial charge in [-0.3, -0.25) is 0 Å². The number of carbonyl (C=O) groups excluding carboxylic acids is 1. The Hall–Kier alpha value is -2.40. The van der Waals surface area contributed by atoms with Crippen LogP contribution in [0, 0.1) is 5.82 Å². The summed E-state index contributed by atoms with van der Waals surface area (Å²) in [4.78, 5) is 12.0. The highest BCUT2D eigenvalue weighted by Gasteiger charge is 2.16. The first-order valence-electron chi connectivity index (χ1n) is 7.04. The van der Waals surface area contributed by atoms with E-state index in [9.17, 15) is 9.18 Å². The standard InChI is InChI=1S/C17H19FN2O2/c1-22-11-10-19-17(21)20-16(13-6-3-2-4-7-13)14-8-5-9-15(18)12-14/h2-9,12,16H,10-11H2,1H3,(H2,19,20,21). The second kappa shape index (κ2) is 8.14. The molecule has 5 heteroatoms. The molecule has 2 aromatic rings. The number of rotatable bonds is 6. The molecule has 2 rings (SSSR count). The lowest BCUT2D eigenvalue weighted by Crippen LogP contribution is -2.39. The van der Waals surface area contributed by atoms with Gasteiger partial charge in [0.25, 0.3) is 0 Å². The molecule has 0 aromatic heterocycles. The first-order valence-corrected chi connectivity index (χ1v) is 7.04. The van der Waals surface area contributed by atoms with Crippen LogP contribution in [-0.4, -0.2) is 26.3 Å². The summed E-state index contributed by atoms with van der Waals surface area (Å²) in [6.07, 6.45) is 0. The summed E-state index contributed by atoms with van der Waals surface area (Å²) in [5.74, 6) is -0.333. The summed E-state index contributed by atoms with van der Waals surface area (Å²) < 4.78 is 18.4. The average molecular weight is 302 g/mol. The maximum absolute atomic E-state index is 13.5. The van der Waals surface area contributed by atoms with E-state index in [1.54, 1.807) is 19.2 Å². The third-order valence-electron chi connectivity index (χ3n) is 3.18. The second-order valence-electron chi connectivity index (χ2n) is 4.79. The topological polar surface area (TPSA) is 50.4 Å². The van der Waals surface area contributed by atoms with Gasteiger partial charge in [0, 0.05) is 13.7 Å². The zero-order valence-corrected chi connectivity index (χ0v) is 12.4. The summed E-state index contributed by atoms with van der Waals surface area (Å²) >= 11 is 0. The number of urea groups is 1. The minimum absolute atomic E-state index is 0.324. The van der Waals surface area contributed by atoms with Crippen molar-refractivity contribution in [2.24, 2.45) is 0 Å². The molecule has 0 saturated carbocycles. The van der Waals surface area contributed by atoms with Crippen LogP contribution in [0.25, 0.3) is 0 Å². The molecule has 2 N–H and O–H groups in total. The van der Waals surface area contributed by atoms with Gasteiger partial charge in [-0.15, -0.1) is 0 Å². The molecule has 22 heavy (non-hydrogen) atoms. The lowest BCUT2D eigenvalue weighted by Gasteiger charge is -2.20. The molecule has 0 saturated heterocycles. The highest BCUT2D eigenvalue weighted by atomic mass is 19.1. The summed E-state index contributed by atoms with van der Waals surface area (Å²) in [7, 11) is 1.57. The van der Waals surface area contributed by atoms with Gasteiger partial charge >= 0.3 is 6.03 Å². The number of amides is 2. The molecule has 2 amide bonds. The van der Waals surface area contributed by atoms with Gasteiger partial charge in [0.05, 0.1) is 12.6 Å². The van der Waals surface area contributed by atoms with Crippen molar-refractivity contribution in [3.05, 3.63) is 71.5 Å². The number of hydrogen-bond donors (Lipinski definition) is 2. The van der Waals surface area contributed by atoms with Crippen molar-refractivity contribution in [2.75, 3.05) is 20.3 Å². The van der Waals surface area contributed by atoms with E-state index in [-0.39, 0.29) is 11.8 Å². The molecule has 0 heterocycles. The van der Waals surface area contributed by atoms with Crippen LogP contribution in [0.2, 0.25) is 0 Å². The minimum atomic E-state index is -0.417. The smallest absolute Gasteiger partial charge is 0.315 e. The molecule has 116 valence electrons. The predicted molar refractivity (Wildman–Crippen MR) is 83.1 cm³/mol. The van der Waals surface area contributed by atoms with E-state index in [1.807, 2.05) is 30.3 Å². The zero-order valence-electron chi connectivity index (χ0n) is 12.4. The van der Waals surface area contributed by atoms with E-state index >= 15 is 0 Å². The van der Waals surface area contributed by atoms with Gasteiger partial charge in [-0.1, -0.05) is 42.5 Å². The largest absolute Gasteiger partial charge is 0.383 e. The Morgan fingerprint density at radius 2 is 1.86 bits per heavy atom. The number of ether oxygens (including phenoxy) is 1. The van der Waals surface area contributed by atoms with Gasteiger partial charge in [-0.2, -0.15) is 0 Å². The molecular weight excluding hydrogens is 283 g/mol. The van der Waals surface area contributed by atoms with Crippen molar-refractivity contribution >= 4 is 6.03 Å². The van der Waals surface area contributed by atoms with Crippen LogP contribution in [0.3, 0.4) is 0 Å². The van der Waals surface area contributed by atoms with Crippen molar-refractivity contribution in [2.45, 2.75) is 6.04 Å². The molecule has 0 aliphatic carbocycles. The van der Waals surface area contributed by atoms with E-state index in [0.717, 1.165) is 5.56 Å². The predicted octanol–water partition coefficient (Wildman–Crippen LogP) is 2.86. The molecule has 0 bridgehead atoms. The summed E-state index contributed by atoms with van der Waals surface area (Å²) in [5.41, 5.74) is 1.57. The molecule has 0 aliphatic rings.